The Morgan fingerprint density at radius 1 is 1.09 bits per heavy atom. The Bertz CT molecular complexity index is 1360. The molecular weight excluding hydrogens is 410 g/mol. The molecule has 168 valence electrons. The van der Waals surface area contributed by atoms with Crippen LogP contribution in [0.15, 0.2) is 55.0 Å². The van der Waals surface area contributed by atoms with E-state index >= 15 is 0 Å². The Hall–Kier alpha value is -3.54. The second-order valence-corrected chi connectivity index (χ2v) is 9.85. The molecule has 0 unspecified atom stereocenters. The van der Waals surface area contributed by atoms with Crippen LogP contribution in [0, 0.1) is 0 Å². The smallest absolute Gasteiger partial charge is 0.323 e. The standard InChI is InChI=1S/C27H29N5O/c1-17(2)32-16-20(14-29-32)18-5-8-24-22(13-18)25(15-28-24)31-26(33)30-21-6-7-23-19(12-21)4-3-9-27(23)10-11-27/h5-8,12-17,28H,3-4,9-11H2,1-2H3,(H2,30,31,33). The predicted octanol–water partition coefficient (Wildman–Crippen LogP) is 6.62. The summed E-state index contributed by atoms with van der Waals surface area (Å²) in [6, 6.07) is 12.7. The Morgan fingerprint density at radius 3 is 2.76 bits per heavy atom. The first-order valence-corrected chi connectivity index (χ1v) is 11.9. The van der Waals surface area contributed by atoms with E-state index in [-0.39, 0.29) is 6.03 Å². The summed E-state index contributed by atoms with van der Waals surface area (Å²) < 4.78 is 1.95. The first-order valence-electron chi connectivity index (χ1n) is 11.9. The molecule has 2 aliphatic rings. The van der Waals surface area contributed by atoms with Gasteiger partial charge in [0.25, 0.3) is 0 Å². The lowest BCUT2D eigenvalue weighted by Gasteiger charge is -2.25. The highest BCUT2D eigenvalue weighted by atomic mass is 16.2. The van der Waals surface area contributed by atoms with Crippen molar-refractivity contribution in [1.82, 2.24) is 14.8 Å². The summed E-state index contributed by atoms with van der Waals surface area (Å²) in [6.07, 6.45) is 12.1. The third kappa shape index (κ3) is 3.59. The molecular formula is C27H29N5O. The van der Waals surface area contributed by atoms with Crippen LogP contribution in [-0.4, -0.2) is 20.8 Å². The molecule has 2 aliphatic carbocycles. The van der Waals surface area contributed by atoms with Crippen molar-refractivity contribution >= 4 is 28.3 Å². The van der Waals surface area contributed by atoms with Crippen molar-refractivity contribution in [3.8, 4) is 11.1 Å². The van der Waals surface area contributed by atoms with Gasteiger partial charge in [0.1, 0.15) is 0 Å². The van der Waals surface area contributed by atoms with E-state index in [0.29, 0.717) is 11.5 Å². The van der Waals surface area contributed by atoms with Gasteiger partial charge in [-0.05, 0) is 92.3 Å². The number of H-pyrrole nitrogens is 1. The third-order valence-electron chi connectivity index (χ3n) is 7.28. The van der Waals surface area contributed by atoms with Crippen LogP contribution < -0.4 is 10.6 Å². The number of aryl methyl sites for hydroxylation is 1. The Morgan fingerprint density at radius 2 is 1.97 bits per heavy atom. The fourth-order valence-corrected chi connectivity index (χ4v) is 5.28. The highest BCUT2D eigenvalue weighted by molar-refractivity contribution is 6.06. The predicted molar refractivity (Wildman–Crippen MR) is 133 cm³/mol. The molecule has 3 N–H and O–H groups in total. The molecule has 6 heteroatoms. The van der Waals surface area contributed by atoms with E-state index in [1.54, 1.807) is 0 Å². The van der Waals surface area contributed by atoms with Gasteiger partial charge in [-0.15, -0.1) is 0 Å². The van der Waals surface area contributed by atoms with Crippen LogP contribution in [0.3, 0.4) is 0 Å². The number of amides is 2. The van der Waals surface area contributed by atoms with Crippen LogP contribution in [0.4, 0.5) is 16.2 Å². The van der Waals surface area contributed by atoms with Crippen molar-refractivity contribution in [2.45, 2.75) is 57.4 Å². The van der Waals surface area contributed by atoms with E-state index in [9.17, 15) is 4.79 Å². The molecule has 0 radical (unpaired) electrons. The number of rotatable bonds is 4. The fourth-order valence-electron chi connectivity index (χ4n) is 5.28. The summed E-state index contributed by atoms with van der Waals surface area (Å²) in [4.78, 5) is 16.1. The lowest BCUT2D eigenvalue weighted by molar-refractivity contribution is 0.262. The Labute approximate surface area is 193 Å². The zero-order valence-electron chi connectivity index (χ0n) is 19.1. The number of carbonyl (C=O) groups is 1. The van der Waals surface area contributed by atoms with E-state index in [0.717, 1.165) is 39.8 Å². The van der Waals surface area contributed by atoms with Crippen LogP contribution in [-0.2, 0) is 11.8 Å². The minimum Gasteiger partial charge on any atom is -0.359 e. The largest absolute Gasteiger partial charge is 0.359 e. The third-order valence-corrected chi connectivity index (χ3v) is 7.28. The monoisotopic (exact) mass is 439 g/mol. The van der Waals surface area contributed by atoms with E-state index in [1.807, 2.05) is 29.2 Å². The summed E-state index contributed by atoms with van der Waals surface area (Å²) in [5.41, 5.74) is 8.07. The summed E-state index contributed by atoms with van der Waals surface area (Å²) in [6.45, 7) is 4.22. The molecule has 6 nitrogen and oxygen atoms in total. The molecule has 0 aliphatic heterocycles. The number of benzene rings is 2. The Kier molecular flexibility index (Phi) is 4.57. The number of carbonyl (C=O) groups excluding carboxylic acids is 1. The normalized spacial score (nSPS) is 16.2. The van der Waals surface area contributed by atoms with E-state index in [1.165, 1.54) is 36.8 Å². The second kappa shape index (κ2) is 7.51. The first kappa shape index (κ1) is 20.1. The highest BCUT2D eigenvalue weighted by Gasteiger charge is 2.46. The van der Waals surface area contributed by atoms with Gasteiger partial charge in [0.15, 0.2) is 0 Å². The zero-order valence-corrected chi connectivity index (χ0v) is 19.1. The molecule has 0 saturated heterocycles. The summed E-state index contributed by atoms with van der Waals surface area (Å²) in [5.74, 6) is 0. The minimum absolute atomic E-state index is 0.231. The van der Waals surface area contributed by atoms with Gasteiger partial charge in [-0.25, -0.2) is 4.79 Å². The molecule has 1 saturated carbocycles. The zero-order chi connectivity index (χ0) is 22.6. The van der Waals surface area contributed by atoms with Crippen molar-refractivity contribution in [1.29, 1.82) is 0 Å². The van der Waals surface area contributed by atoms with Gasteiger partial charge < -0.3 is 15.6 Å². The lowest BCUT2D eigenvalue weighted by Crippen LogP contribution is -2.20. The molecule has 0 atom stereocenters. The number of nitrogens with zero attached hydrogens (tertiary/aromatic N) is 2. The van der Waals surface area contributed by atoms with E-state index in [2.05, 4.69) is 65.0 Å². The highest BCUT2D eigenvalue weighted by Crippen LogP contribution is 2.55. The molecule has 4 aromatic rings. The van der Waals surface area contributed by atoms with Gasteiger partial charge in [-0.2, -0.15) is 5.10 Å². The maximum Gasteiger partial charge on any atom is 0.323 e. The number of urea groups is 1. The van der Waals surface area contributed by atoms with Gasteiger partial charge in [-0.1, -0.05) is 12.1 Å². The SMILES string of the molecule is CC(C)n1cc(-c2ccc3[nH]cc(NC(=O)Nc4ccc5c(c4)CCCC54CC4)c3c2)cn1. The topological polar surface area (TPSA) is 74.7 Å². The first-order chi connectivity index (χ1) is 16.0. The van der Waals surface area contributed by atoms with E-state index in [4.69, 9.17) is 0 Å². The summed E-state index contributed by atoms with van der Waals surface area (Å²) in [7, 11) is 0. The average molecular weight is 440 g/mol. The van der Waals surface area contributed by atoms with Gasteiger partial charge in [0, 0.05) is 40.6 Å². The van der Waals surface area contributed by atoms with Gasteiger partial charge in [0.2, 0.25) is 0 Å². The van der Waals surface area contributed by atoms with Crippen LogP contribution in [0.1, 0.15) is 56.7 Å². The van der Waals surface area contributed by atoms with Crippen LogP contribution in [0.2, 0.25) is 0 Å². The number of hydrogen-bond acceptors (Lipinski definition) is 2. The van der Waals surface area contributed by atoms with E-state index < -0.39 is 0 Å². The van der Waals surface area contributed by atoms with Crippen molar-refractivity contribution in [3.05, 3.63) is 66.1 Å². The quantitative estimate of drug-likeness (QED) is 0.334. The van der Waals surface area contributed by atoms with Crippen molar-refractivity contribution in [2.24, 2.45) is 0 Å². The fraction of sp³-hybridized carbons (Fsp3) is 0.333. The number of anilines is 2. The van der Waals surface area contributed by atoms with Crippen molar-refractivity contribution < 1.29 is 4.79 Å². The van der Waals surface area contributed by atoms with Crippen LogP contribution in [0.25, 0.3) is 22.0 Å². The molecule has 33 heavy (non-hydrogen) atoms. The number of hydrogen-bond donors (Lipinski definition) is 3. The molecule has 1 fully saturated rings. The second-order valence-electron chi connectivity index (χ2n) is 9.85. The van der Waals surface area contributed by atoms with Gasteiger partial charge in [-0.3, -0.25) is 4.68 Å². The molecule has 1 spiro atoms. The molecule has 2 heterocycles. The summed E-state index contributed by atoms with van der Waals surface area (Å²) >= 11 is 0. The number of fused-ring (bicyclic) bond motifs is 3. The maximum atomic E-state index is 12.8. The number of nitrogens with one attached hydrogen (secondary N) is 3. The summed E-state index contributed by atoms with van der Waals surface area (Å²) in [5, 5.41) is 11.5. The van der Waals surface area contributed by atoms with Gasteiger partial charge >= 0.3 is 6.03 Å². The number of aromatic amines is 1. The number of aromatic nitrogens is 3. The molecule has 0 bridgehead atoms. The molecule has 2 aromatic carbocycles. The molecule has 2 amide bonds. The minimum atomic E-state index is -0.231. The Balaban J connectivity index is 1.21. The van der Waals surface area contributed by atoms with Crippen LogP contribution >= 0.6 is 0 Å². The maximum absolute atomic E-state index is 12.8. The van der Waals surface area contributed by atoms with Crippen molar-refractivity contribution in [2.75, 3.05) is 10.6 Å². The van der Waals surface area contributed by atoms with Crippen molar-refractivity contribution in [3.63, 3.8) is 0 Å². The average Bonchev–Trinajstić information content (AvgIpc) is 3.21. The van der Waals surface area contributed by atoms with Gasteiger partial charge in [0.05, 0.1) is 11.9 Å². The molecule has 2 aromatic heterocycles. The lowest BCUT2D eigenvalue weighted by atomic mass is 9.80. The molecule has 6 rings (SSSR count). The van der Waals surface area contributed by atoms with Crippen LogP contribution in [0.5, 0.6) is 0 Å².